The number of aliphatic hydroxyl groups excluding tert-OH is 2. The largest absolute Gasteiger partial charge is 0.485 e. The molecule has 200 valence electrons. The number of halogens is 1. The molecule has 0 radical (unpaired) electrons. The molecule has 4 aromatic rings. The summed E-state index contributed by atoms with van der Waals surface area (Å²) in [5.41, 5.74) is 5.86. The second-order valence-electron chi connectivity index (χ2n) is 9.51. The number of anilines is 2. The number of allylic oxidation sites excluding steroid dienone is 4. The molecule has 0 saturated heterocycles. The van der Waals surface area contributed by atoms with Crippen molar-refractivity contribution in [1.29, 1.82) is 0 Å². The number of nitrogens with one attached hydrogen (secondary N) is 1. The Kier molecular flexibility index (Phi) is 7.13. The van der Waals surface area contributed by atoms with Crippen LogP contribution in [0.1, 0.15) is 17.0 Å². The van der Waals surface area contributed by atoms with E-state index in [1.54, 1.807) is 36.7 Å². The number of pyridine rings is 1. The van der Waals surface area contributed by atoms with Gasteiger partial charge in [-0.3, -0.25) is 9.98 Å². The number of hydrogen-bond donors (Lipinski definition) is 3. The van der Waals surface area contributed by atoms with Crippen molar-refractivity contribution < 1.29 is 19.3 Å². The first-order chi connectivity index (χ1) is 19.6. The van der Waals surface area contributed by atoms with E-state index in [0.717, 1.165) is 33.8 Å². The Morgan fingerprint density at radius 1 is 1.02 bits per heavy atom. The van der Waals surface area contributed by atoms with Gasteiger partial charge in [-0.1, -0.05) is 42.5 Å². The van der Waals surface area contributed by atoms with Gasteiger partial charge in [-0.05, 0) is 42.3 Å². The van der Waals surface area contributed by atoms with Crippen molar-refractivity contribution in [2.75, 3.05) is 18.5 Å². The Bertz CT molecular complexity index is 1640. The number of hydrogen-bond acceptors (Lipinski definition) is 8. The van der Waals surface area contributed by atoms with Crippen LogP contribution in [0.2, 0.25) is 0 Å². The minimum Gasteiger partial charge on any atom is -0.485 e. The zero-order valence-corrected chi connectivity index (χ0v) is 21.4. The molecule has 1 aliphatic heterocycles. The molecule has 6 rings (SSSR count). The van der Waals surface area contributed by atoms with Crippen molar-refractivity contribution in [3.63, 3.8) is 0 Å². The molecular weight excluding hydrogens is 509 g/mol. The molecule has 2 aromatic carbocycles. The highest BCUT2D eigenvalue weighted by molar-refractivity contribution is 6.33. The van der Waals surface area contributed by atoms with E-state index in [-0.39, 0.29) is 18.3 Å². The first kappa shape index (κ1) is 25.5. The summed E-state index contributed by atoms with van der Waals surface area (Å²) in [6.07, 6.45) is 8.28. The fourth-order valence-corrected chi connectivity index (χ4v) is 4.77. The Hall–Kier alpha value is -4.73. The van der Waals surface area contributed by atoms with Gasteiger partial charge in [0.2, 0.25) is 0 Å². The average Bonchev–Trinajstić information content (AvgIpc) is 3.37. The third kappa shape index (κ3) is 5.25. The summed E-state index contributed by atoms with van der Waals surface area (Å²) in [4.78, 5) is 18.3. The zero-order chi connectivity index (χ0) is 27.5. The van der Waals surface area contributed by atoms with Crippen LogP contribution >= 0.6 is 0 Å². The predicted octanol–water partition coefficient (Wildman–Crippen LogP) is 4.91. The third-order valence-electron chi connectivity index (χ3n) is 6.74. The van der Waals surface area contributed by atoms with Crippen LogP contribution in [0.3, 0.4) is 0 Å². The number of para-hydroxylation sites is 1. The second-order valence-corrected chi connectivity index (χ2v) is 9.51. The molecular formula is C31H26FN5O3. The van der Waals surface area contributed by atoms with Crippen LogP contribution in [0, 0.1) is 11.7 Å². The Morgan fingerprint density at radius 2 is 1.82 bits per heavy atom. The molecule has 2 aliphatic rings. The lowest BCUT2D eigenvalue weighted by atomic mass is 9.82. The predicted molar refractivity (Wildman–Crippen MR) is 151 cm³/mol. The number of aliphatic hydroxyl groups is 2. The minimum atomic E-state index is -1.04. The van der Waals surface area contributed by atoms with Gasteiger partial charge in [0.15, 0.2) is 17.4 Å². The average molecular weight is 536 g/mol. The van der Waals surface area contributed by atoms with Gasteiger partial charge in [0, 0.05) is 40.7 Å². The summed E-state index contributed by atoms with van der Waals surface area (Å²) in [6.45, 7) is -0.556. The van der Waals surface area contributed by atoms with Crippen molar-refractivity contribution in [2.45, 2.75) is 12.5 Å². The van der Waals surface area contributed by atoms with Gasteiger partial charge in [-0.15, -0.1) is 0 Å². The summed E-state index contributed by atoms with van der Waals surface area (Å²) in [5, 5.41) is 22.2. The van der Waals surface area contributed by atoms with Gasteiger partial charge in [-0.2, -0.15) is 0 Å². The van der Waals surface area contributed by atoms with Gasteiger partial charge in [0.05, 0.1) is 24.2 Å². The van der Waals surface area contributed by atoms with Crippen LogP contribution in [-0.4, -0.2) is 50.2 Å². The van der Waals surface area contributed by atoms with E-state index in [0.29, 0.717) is 29.4 Å². The highest BCUT2D eigenvalue weighted by Gasteiger charge is 2.31. The molecule has 3 N–H and O–H groups in total. The van der Waals surface area contributed by atoms with E-state index < -0.39 is 12.7 Å². The van der Waals surface area contributed by atoms with Crippen molar-refractivity contribution in [3.8, 4) is 5.75 Å². The molecule has 40 heavy (non-hydrogen) atoms. The van der Waals surface area contributed by atoms with E-state index in [1.807, 2.05) is 42.5 Å². The van der Waals surface area contributed by atoms with Crippen molar-refractivity contribution >= 4 is 34.1 Å². The molecule has 0 amide bonds. The van der Waals surface area contributed by atoms with Crippen LogP contribution in [0.4, 0.5) is 21.6 Å². The summed E-state index contributed by atoms with van der Waals surface area (Å²) in [7, 11) is 0. The molecule has 9 heteroatoms. The van der Waals surface area contributed by atoms with Gasteiger partial charge < -0.3 is 20.3 Å². The first-order valence-corrected chi connectivity index (χ1v) is 12.9. The topological polar surface area (TPSA) is 113 Å². The van der Waals surface area contributed by atoms with E-state index in [2.05, 4.69) is 15.3 Å². The number of rotatable bonds is 9. The molecule has 0 saturated carbocycles. The lowest BCUT2D eigenvalue weighted by Gasteiger charge is -2.22. The quantitative estimate of drug-likeness (QED) is 0.279. The smallest absolute Gasteiger partial charge is 0.180 e. The summed E-state index contributed by atoms with van der Waals surface area (Å²) < 4.78 is 20.4. The number of nitrogens with zero attached hydrogens (tertiary/aromatic N) is 4. The molecule has 0 spiro atoms. The van der Waals surface area contributed by atoms with Crippen LogP contribution in [0.5, 0.6) is 5.75 Å². The molecule has 0 fully saturated rings. The molecule has 1 aliphatic carbocycles. The lowest BCUT2D eigenvalue weighted by Crippen LogP contribution is -2.22. The zero-order valence-electron chi connectivity index (χ0n) is 21.4. The maximum atomic E-state index is 14.7. The van der Waals surface area contributed by atoms with Crippen LogP contribution in [0.25, 0.3) is 11.1 Å². The minimum absolute atomic E-state index is 0.127. The normalized spacial score (nSPS) is 16.3. The van der Waals surface area contributed by atoms with E-state index in [9.17, 15) is 14.6 Å². The maximum Gasteiger partial charge on any atom is 0.180 e. The fraction of sp³-hybridized carbons (Fsp3) is 0.161. The Morgan fingerprint density at radius 3 is 2.65 bits per heavy atom. The highest BCUT2D eigenvalue weighted by atomic mass is 19.1. The maximum absolute atomic E-state index is 14.7. The van der Waals surface area contributed by atoms with E-state index >= 15 is 0 Å². The molecule has 2 aromatic heterocycles. The number of fused-ring (bicyclic) bond motifs is 3. The number of aliphatic imine (C=N–C) groups is 1. The number of aromatic nitrogens is 3. The van der Waals surface area contributed by atoms with Crippen LogP contribution in [0.15, 0.2) is 96.4 Å². The standard InChI is InChI=1S/C31H26FN5O3/c32-26-7-3-1-5-19(26)13-20-14-21(15-25-24-6-2-4-8-27(24)36-29(20)25)30-34-16-28(40-18-23(39)17-38)31(37-30)35-22-9-11-33-12-10-22/h1-12,14-16,20,23,38-39H,13,17-18H2,(H,33,34,35,37)/t20?,23-/m0/s1. The Labute approximate surface area is 230 Å². The molecule has 8 nitrogen and oxygen atoms in total. The molecule has 3 heterocycles. The summed E-state index contributed by atoms with van der Waals surface area (Å²) in [6, 6.07) is 18.3. The number of ether oxygens (including phenoxy) is 1. The fourth-order valence-electron chi connectivity index (χ4n) is 4.77. The summed E-state index contributed by atoms with van der Waals surface area (Å²) >= 11 is 0. The third-order valence-corrected chi connectivity index (χ3v) is 6.74. The van der Waals surface area contributed by atoms with Gasteiger partial charge in [-0.25, -0.2) is 14.4 Å². The van der Waals surface area contributed by atoms with Gasteiger partial charge in [0.25, 0.3) is 0 Å². The van der Waals surface area contributed by atoms with Gasteiger partial charge in [0.1, 0.15) is 18.5 Å². The van der Waals surface area contributed by atoms with E-state index in [4.69, 9.17) is 14.7 Å². The van der Waals surface area contributed by atoms with Crippen LogP contribution < -0.4 is 10.1 Å². The first-order valence-electron chi connectivity index (χ1n) is 12.9. The lowest BCUT2D eigenvalue weighted by molar-refractivity contribution is 0.0536. The van der Waals surface area contributed by atoms with Crippen molar-refractivity contribution in [1.82, 2.24) is 15.0 Å². The second kappa shape index (κ2) is 11.2. The number of benzene rings is 2. The monoisotopic (exact) mass is 535 g/mol. The van der Waals surface area contributed by atoms with E-state index in [1.165, 1.54) is 12.3 Å². The van der Waals surface area contributed by atoms with Crippen LogP contribution in [-0.2, 0) is 6.42 Å². The summed E-state index contributed by atoms with van der Waals surface area (Å²) in [5.74, 6) is 0.693. The highest BCUT2D eigenvalue weighted by Crippen LogP contribution is 2.43. The SMILES string of the molecule is OC[C@H](O)COc1cnc(C2=CC(Cc3ccccc3F)C3=Nc4ccccc4C3=C2)nc1Nc1ccncc1. The van der Waals surface area contributed by atoms with Gasteiger partial charge >= 0.3 is 0 Å². The Balaban J connectivity index is 1.41. The van der Waals surface area contributed by atoms with Crippen molar-refractivity contribution in [3.05, 3.63) is 114 Å². The molecule has 0 bridgehead atoms. The molecule has 2 atom stereocenters. The van der Waals surface area contributed by atoms with Crippen molar-refractivity contribution in [2.24, 2.45) is 10.9 Å². The molecule has 1 unspecified atom stereocenters.